The highest BCUT2D eigenvalue weighted by Gasteiger charge is 2.12. The van der Waals surface area contributed by atoms with Crippen molar-refractivity contribution in [3.8, 4) is 0 Å². The van der Waals surface area contributed by atoms with E-state index in [1.807, 2.05) is 31.2 Å². The van der Waals surface area contributed by atoms with Gasteiger partial charge in [0.1, 0.15) is 0 Å². The second-order valence-corrected chi connectivity index (χ2v) is 7.99. The molecule has 0 aliphatic carbocycles. The molecule has 0 fully saturated rings. The van der Waals surface area contributed by atoms with Gasteiger partial charge in [-0.3, -0.25) is 14.4 Å². The maximum absolute atomic E-state index is 12.5. The first kappa shape index (κ1) is 23.3. The third-order valence-corrected chi connectivity index (χ3v) is 5.21. The Hall–Kier alpha value is -3.39. The number of carbonyl (C=O) groups excluding carboxylic acids is 3. The third-order valence-electron chi connectivity index (χ3n) is 4.78. The molecule has 3 amide bonds. The zero-order valence-corrected chi connectivity index (χ0v) is 19.4. The van der Waals surface area contributed by atoms with Crippen molar-refractivity contribution in [2.75, 3.05) is 17.2 Å². The fourth-order valence-electron chi connectivity index (χ4n) is 3.14. The fourth-order valence-corrected chi connectivity index (χ4v) is 3.45. The molecule has 8 heteroatoms. The Labute approximate surface area is 194 Å². The van der Waals surface area contributed by atoms with Crippen molar-refractivity contribution in [2.24, 2.45) is 0 Å². The van der Waals surface area contributed by atoms with Crippen LogP contribution < -0.4 is 10.6 Å². The van der Waals surface area contributed by atoms with Gasteiger partial charge in [0.05, 0.1) is 6.42 Å². The van der Waals surface area contributed by atoms with E-state index in [1.54, 1.807) is 48.2 Å². The van der Waals surface area contributed by atoms with Crippen LogP contribution in [-0.2, 0) is 22.6 Å². The van der Waals surface area contributed by atoms with Gasteiger partial charge in [0.25, 0.3) is 5.91 Å². The van der Waals surface area contributed by atoms with Gasteiger partial charge in [0, 0.05) is 31.4 Å². The normalized spacial score (nSPS) is 10.5. The minimum atomic E-state index is -0.354. The van der Waals surface area contributed by atoms with Crippen molar-refractivity contribution in [3.05, 3.63) is 82.2 Å². The number of furan rings is 1. The summed E-state index contributed by atoms with van der Waals surface area (Å²) in [4.78, 5) is 38.0. The molecule has 0 atom stereocenters. The number of hydrogen-bond acceptors (Lipinski definition) is 4. The molecule has 0 saturated heterocycles. The number of nitrogens with zero attached hydrogens (tertiary/aromatic N) is 1. The van der Waals surface area contributed by atoms with Crippen molar-refractivity contribution in [1.82, 2.24) is 4.90 Å². The Bertz CT molecular complexity index is 1110. The van der Waals surface area contributed by atoms with Gasteiger partial charge in [-0.1, -0.05) is 24.3 Å². The van der Waals surface area contributed by atoms with Crippen LogP contribution in [0.25, 0.3) is 0 Å². The molecule has 0 unspecified atom stereocenters. The molecule has 0 spiro atoms. The molecule has 0 aliphatic heterocycles. The Morgan fingerprint density at radius 2 is 1.69 bits per heavy atom. The molecule has 32 heavy (non-hydrogen) atoms. The van der Waals surface area contributed by atoms with Crippen molar-refractivity contribution in [1.29, 1.82) is 0 Å². The van der Waals surface area contributed by atoms with E-state index >= 15 is 0 Å². The lowest BCUT2D eigenvalue weighted by Crippen LogP contribution is -2.27. The van der Waals surface area contributed by atoms with Gasteiger partial charge in [-0.15, -0.1) is 0 Å². The summed E-state index contributed by atoms with van der Waals surface area (Å²) in [5.41, 5.74) is 3.04. The van der Waals surface area contributed by atoms with Gasteiger partial charge >= 0.3 is 0 Å². The van der Waals surface area contributed by atoms with Gasteiger partial charge in [-0.05, 0) is 70.4 Å². The molecule has 0 aliphatic rings. The Kier molecular flexibility index (Phi) is 7.83. The Morgan fingerprint density at radius 1 is 0.938 bits per heavy atom. The number of carbonyl (C=O) groups is 3. The smallest absolute Gasteiger partial charge is 0.291 e. The first-order valence-electron chi connectivity index (χ1n) is 10.1. The molecule has 1 aromatic heterocycles. The van der Waals surface area contributed by atoms with Crippen LogP contribution in [0.2, 0.25) is 0 Å². The zero-order chi connectivity index (χ0) is 23.1. The fraction of sp³-hybridized carbons (Fsp3) is 0.208. The minimum absolute atomic E-state index is 0.0126. The van der Waals surface area contributed by atoms with E-state index in [2.05, 4.69) is 26.6 Å². The number of rotatable bonds is 8. The lowest BCUT2D eigenvalue weighted by Gasteiger charge is -2.19. The molecule has 3 aromatic rings. The summed E-state index contributed by atoms with van der Waals surface area (Å²) in [5.74, 6) is -0.294. The molecule has 1 heterocycles. The van der Waals surface area contributed by atoms with Gasteiger partial charge in [-0.2, -0.15) is 0 Å². The van der Waals surface area contributed by atoms with E-state index in [0.717, 1.165) is 11.1 Å². The lowest BCUT2D eigenvalue weighted by molar-refractivity contribution is -0.129. The second kappa shape index (κ2) is 10.8. The predicted octanol–water partition coefficient (Wildman–Crippen LogP) is 4.84. The highest BCUT2D eigenvalue weighted by atomic mass is 79.9. The maximum atomic E-state index is 12.5. The van der Waals surface area contributed by atoms with Gasteiger partial charge in [0.2, 0.25) is 11.8 Å². The van der Waals surface area contributed by atoms with Crippen LogP contribution in [0, 0.1) is 0 Å². The first-order valence-corrected chi connectivity index (χ1v) is 10.9. The predicted molar refractivity (Wildman–Crippen MR) is 126 cm³/mol. The number of nitrogens with one attached hydrogen (secondary N) is 2. The molecule has 7 nitrogen and oxygen atoms in total. The molecule has 166 valence electrons. The first-order chi connectivity index (χ1) is 15.3. The van der Waals surface area contributed by atoms with E-state index in [0.29, 0.717) is 29.1 Å². The zero-order valence-electron chi connectivity index (χ0n) is 17.9. The Morgan fingerprint density at radius 3 is 2.31 bits per heavy atom. The summed E-state index contributed by atoms with van der Waals surface area (Å²) >= 11 is 3.16. The summed E-state index contributed by atoms with van der Waals surface area (Å²) in [5, 5.41) is 5.64. The molecule has 2 N–H and O–H groups in total. The van der Waals surface area contributed by atoms with E-state index in [1.165, 1.54) is 0 Å². The van der Waals surface area contributed by atoms with Crippen LogP contribution in [0.4, 0.5) is 11.4 Å². The molecule has 0 saturated carbocycles. The lowest BCUT2D eigenvalue weighted by atomic mass is 10.1. The van der Waals surface area contributed by atoms with Crippen molar-refractivity contribution in [2.45, 2.75) is 26.8 Å². The van der Waals surface area contributed by atoms with Crippen LogP contribution in [0.1, 0.15) is 35.5 Å². The van der Waals surface area contributed by atoms with Gasteiger partial charge in [-0.25, -0.2) is 0 Å². The summed E-state index contributed by atoms with van der Waals surface area (Å²) in [6, 6.07) is 17.7. The molecule has 3 rings (SSSR count). The van der Waals surface area contributed by atoms with Gasteiger partial charge < -0.3 is 20.0 Å². The van der Waals surface area contributed by atoms with Crippen molar-refractivity contribution < 1.29 is 18.8 Å². The third kappa shape index (κ3) is 6.55. The molecular formula is C24H24BrN3O4. The highest BCUT2D eigenvalue weighted by molar-refractivity contribution is 9.10. The van der Waals surface area contributed by atoms with E-state index < -0.39 is 0 Å². The van der Waals surface area contributed by atoms with E-state index in [9.17, 15) is 14.4 Å². The summed E-state index contributed by atoms with van der Waals surface area (Å²) in [6.45, 7) is 4.60. The monoisotopic (exact) mass is 497 g/mol. The van der Waals surface area contributed by atoms with E-state index in [-0.39, 0.29) is 29.9 Å². The average Bonchev–Trinajstić information content (AvgIpc) is 3.20. The van der Waals surface area contributed by atoms with Crippen LogP contribution in [0.15, 0.2) is 69.8 Å². The Balaban J connectivity index is 1.55. The van der Waals surface area contributed by atoms with Crippen LogP contribution in [-0.4, -0.2) is 29.2 Å². The molecule has 0 radical (unpaired) electrons. The molecule has 0 bridgehead atoms. The number of amides is 3. The quantitative estimate of drug-likeness (QED) is 0.465. The summed E-state index contributed by atoms with van der Waals surface area (Å²) in [7, 11) is 0. The number of anilines is 2. The minimum Gasteiger partial charge on any atom is -0.444 e. The topological polar surface area (TPSA) is 91.7 Å². The summed E-state index contributed by atoms with van der Waals surface area (Å²) in [6.07, 6.45) is 0.193. The van der Waals surface area contributed by atoms with Crippen molar-refractivity contribution in [3.63, 3.8) is 0 Å². The largest absolute Gasteiger partial charge is 0.444 e. The molecule has 2 aromatic carbocycles. The highest BCUT2D eigenvalue weighted by Crippen LogP contribution is 2.17. The van der Waals surface area contributed by atoms with Crippen LogP contribution in [0.5, 0.6) is 0 Å². The number of hydrogen-bond donors (Lipinski definition) is 2. The standard InChI is InChI=1S/C24H24BrN3O4/c1-3-28(16(2)29)15-18-5-4-6-20(13-18)26-23(30)14-17-7-9-19(10-8-17)27-24(31)21-11-12-22(25)32-21/h4-13H,3,14-15H2,1-2H3,(H,26,30)(H,27,31). The van der Waals surface area contributed by atoms with Crippen LogP contribution >= 0.6 is 15.9 Å². The average molecular weight is 498 g/mol. The van der Waals surface area contributed by atoms with Crippen molar-refractivity contribution >= 4 is 45.0 Å². The second-order valence-electron chi connectivity index (χ2n) is 7.21. The maximum Gasteiger partial charge on any atom is 0.291 e. The van der Waals surface area contributed by atoms with Crippen LogP contribution in [0.3, 0.4) is 0 Å². The SMILES string of the molecule is CCN(Cc1cccc(NC(=O)Cc2ccc(NC(=O)c3ccc(Br)o3)cc2)c1)C(C)=O. The number of benzene rings is 2. The van der Waals surface area contributed by atoms with Gasteiger partial charge in [0.15, 0.2) is 10.4 Å². The summed E-state index contributed by atoms with van der Waals surface area (Å²) < 4.78 is 5.71. The number of halogens is 1. The molecular weight excluding hydrogens is 474 g/mol. The van der Waals surface area contributed by atoms with E-state index in [4.69, 9.17) is 4.42 Å².